The van der Waals surface area contributed by atoms with Crippen molar-refractivity contribution in [1.29, 1.82) is 5.26 Å². The summed E-state index contributed by atoms with van der Waals surface area (Å²) >= 11 is 0. The number of amides is 1. The summed E-state index contributed by atoms with van der Waals surface area (Å²) in [5.41, 5.74) is 11.2. The molecule has 0 bridgehead atoms. The maximum Gasteiger partial charge on any atom is 0.270 e. The third-order valence-corrected chi connectivity index (χ3v) is 7.63. The number of nitriles is 1. The van der Waals surface area contributed by atoms with Crippen molar-refractivity contribution in [3.8, 4) is 6.07 Å². The summed E-state index contributed by atoms with van der Waals surface area (Å²) in [5.74, 6) is 0.251. The Labute approximate surface area is 201 Å². The average Bonchev–Trinajstić information content (AvgIpc) is 3.27. The van der Waals surface area contributed by atoms with E-state index in [1.807, 2.05) is 6.92 Å². The number of piperazine rings is 1. The van der Waals surface area contributed by atoms with E-state index in [1.165, 1.54) is 17.4 Å². The van der Waals surface area contributed by atoms with E-state index in [0.29, 0.717) is 23.2 Å². The molecule has 8 nitrogen and oxygen atoms in total. The Morgan fingerprint density at radius 3 is 2.62 bits per heavy atom. The van der Waals surface area contributed by atoms with Gasteiger partial charge in [-0.2, -0.15) is 5.26 Å². The van der Waals surface area contributed by atoms with Crippen molar-refractivity contribution in [2.45, 2.75) is 44.3 Å². The highest BCUT2D eigenvalue weighted by Gasteiger charge is 2.41. The largest absolute Gasteiger partial charge is 0.369 e. The first-order valence-corrected chi connectivity index (χ1v) is 12.2. The van der Waals surface area contributed by atoms with Gasteiger partial charge in [-0.15, -0.1) is 0 Å². The third kappa shape index (κ3) is 4.64. The molecule has 178 valence electrons. The van der Waals surface area contributed by atoms with Crippen LogP contribution in [0.15, 0.2) is 36.5 Å². The van der Waals surface area contributed by atoms with Gasteiger partial charge in [0.25, 0.3) is 5.91 Å². The Hall–Kier alpha value is -2.99. The third-order valence-electron chi connectivity index (χ3n) is 7.63. The summed E-state index contributed by atoms with van der Waals surface area (Å²) in [6.07, 6.45) is 4.33. The minimum atomic E-state index is -0.155. The van der Waals surface area contributed by atoms with E-state index < -0.39 is 0 Å². The number of aryl methyl sites for hydroxylation is 1. The quantitative estimate of drug-likeness (QED) is 0.645. The number of pyridine rings is 1. The van der Waals surface area contributed by atoms with Gasteiger partial charge in [-0.25, -0.2) is 10.4 Å². The number of nitrogens with one attached hydrogen (secondary N) is 3. The second-order valence-electron chi connectivity index (χ2n) is 9.90. The van der Waals surface area contributed by atoms with Gasteiger partial charge in [-0.3, -0.25) is 10.2 Å². The van der Waals surface area contributed by atoms with Crippen LogP contribution in [0.25, 0.3) is 0 Å². The van der Waals surface area contributed by atoms with Crippen molar-refractivity contribution >= 4 is 11.6 Å². The van der Waals surface area contributed by atoms with Crippen molar-refractivity contribution in [3.05, 3.63) is 58.9 Å². The van der Waals surface area contributed by atoms with E-state index in [4.69, 9.17) is 5.26 Å². The lowest BCUT2D eigenvalue weighted by molar-refractivity contribution is 0.0909. The number of aromatic nitrogens is 1. The van der Waals surface area contributed by atoms with Crippen molar-refractivity contribution in [3.63, 3.8) is 0 Å². The normalized spacial score (nSPS) is 27.1. The molecule has 3 fully saturated rings. The number of rotatable bonds is 4. The molecule has 0 radical (unpaired) electrons. The summed E-state index contributed by atoms with van der Waals surface area (Å²) in [7, 11) is 2.18. The predicted octanol–water partition coefficient (Wildman–Crippen LogP) is 2.13. The van der Waals surface area contributed by atoms with Crippen LogP contribution in [0.4, 0.5) is 5.69 Å². The summed E-state index contributed by atoms with van der Waals surface area (Å²) in [6.45, 7) is 6.16. The van der Waals surface area contributed by atoms with Gasteiger partial charge in [0.05, 0.1) is 11.6 Å². The number of nitrogens with zero attached hydrogens (tertiary/aromatic N) is 4. The number of likely N-dealkylation sites (N-methyl/N-ethyl adjacent to an activating group) is 1. The molecule has 3 heterocycles. The highest BCUT2D eigenvalue weighted by Crippen LogP contribution is 2.38. The van der Waals surface area contributed by atoms with Gasteiger partial charge in [0.1, 0.15) is 11.8 Å². The molecule has 34 heavy (non-hydrogen) atoms. The van der Waals surface area contributed by atoms with Crippen LogP contribution in [0.3, 0.4) is 0 Å². The van der Waals surface area contributed by atoms with Crippen LogP contribution in [-0.2, 0) is 0 Å². The lowest BCUT2D eigenvalue weighted by Gasteiger charge is -2.35. The number of hydrogen-bond donors (Lipinski definition) is 3. The van der Waals surface area contributed by atoms with Crippen molar-refractivity contribution in [2.24, 2.45) is 5.92 Å². The minimum absolute atomic E-state index is 0.111. The molecule has 3 aliphatic rings. The fourth-order valence-corrected chi connectivity index (χ4v) is 5.60. The molecule has 1 aliphatic carbocycles. The molecule has 2 aliphatic heterocycles. The second-order valence-corrected chi connectivity index (χ2v) is 9.90. The van der Waals surface area contributed by atoms with Crippen LogP contribution in [0.1, 0.15) is 52.5 Å². The number of fused-ring (bicyclic) bond motifs is 1. The van der Waals surface area contributed by atoms with Gasteiger partial charge in [-0.05, 0) is 68.5 Å². The number of hydrogen-bond acceptors (Lipinski definition) is 7. The molecule has 8 heteroatoms. The fourth-order valence-electron chi connectivity index (χ4n) is 5.60. The highest BCUT2D eigenvalue weighted by atomic mass is 16.1. The Bertz CT molecular complexity index is 1070. The Morgan fingerprint density at radius 1 is 1.15 bits per heavy atom. The number of hydrazine groups is 1. The first-order chi connectivity index (χ1) is 16.5. The monoisotopic (exact) mass is 459 g/mol. The lowest BCUT2D eigenvalue weighted by Crippen LogP contribution is -2.44. The summed E-state index contributed by atoms with van der Waals surface area (Å²) in [6, 6.07) is 13.5. The highest BCUT2D eigenvalue weighted by molar-refractivity contribution is 5.93. The van der Waals surface area contributed by atoms with Crippen molar-refractivity contribution in [2.75, 3.05) is 38.1 Å². The van der Waals surface area contributed by atoms with E-state index >= 15 is 0 Å². The molecule has 5 rings (SSSR count). The molecule has 4 atom stereocenters. The molecule has 0 spiro atoms. The number of anilines is 1. The molecule has 1 aromatic heterocycles. The standard InChI is InChI=1S/C26H33N7O/c1-17-13-18(15-27)16-28-24(17)26(34)29-20-5-8-23-22(14-20)25(31-30-23)19-3-6-21(7-4-19)33-11-9-32(2)10-12-33/h3-4,6-7,13,16,20,22-23,25,30-31H,5,8-12,14H2,1-2H3,(H,29,34). The maximum atomic E-state index is 12.9. The van der Waals surface area contributed by atoms with Crippen molar-refractivity contribution in [1.82, 2.24) is 26.1 Å². The number of benzene rings is 1. The van der Waals surface area contributed by atoms with E-state index in [-0.39, 0.29) is 18.0 Å². The molecule has 1 saturated carbocycles. The van der Waals surface area contributed by atoms with E-state index in [0.717, 1.165) is 51.0 Å². The summed E-state index contributed by atoms with van der Waals surface area (Å²) in [5, 5.41) is 12.2. The fraction of sp³-hybridized carbons (Fsp3) is 0.500. The molecular formula is C26H33N7O. The number of carbonyl (C=O) groups is 1. The van der Waals surface area contributed by atoms with Crippen LogP contribution in [0.5, 0.6) is 0 Å². The SMILES string of the molecule is Cc1cc(C#N)cnc1C(=O)NC1CCC2NNC(c3ccc(N4CCN(C)CC4)cc3)C2C1. The van der Waals surface area contributed by atoms with E-state index in [2.05, 4.69) is 68.3 Å². The van der Waals surface area contributed by atoms with Gasteiger partial charge in [-0.1, -0.05) is 12.1 Å². The molecular weight excluding hydrogens is 426 g/mol. The van der Waals surface area contributed by atoms with Gasteiger partial charge < -0.3 is 15.1 Å². The second kappa shape index (κ2) is 9.71. The number of carbonyl (C=O) groups excluding carboxylic acids is 1. The molecule has 3 N–H and O–H groups in total. The molecule has 2 saturated heterocycles. The van der Waals surface area contributed by atoms with Gasteiger partial charge in [0.2, 0.25) is 0 Å². The maximum absolute atomic E-state index is 12.9. The topological polar surface area (TPSA) is 96.3 Å². The van der Waals surface area contributed by atoms with E-state index in [1.54, 1.807) is 6.07 Å². The zero-order valence-electron chi connectivity index (χ0n) is 19.9. The minimum Gasteiger partial charge on any atom is -0.369 e. The molecule has 1 amide bonds. The van der Waals surface area contributed by atoms with Crippen LogP contribution in [-0.4, -0.2) is 61.1 Å². The van der Waals surface area contributed by atoms with Crippen LogP contribution >= 0.6 is 0 Å². The van der Waals surface area contributed by atoms with Gasteiger partial charge in [0, 0.05) is 50.1 Å². The summed E-state index contributed by atoms with van der Waals surface area (Å²) in [4.78, 5) is 21.9. The average molecular weight is 460 g/mol. The smallest absolute Gasteiger partial charge is 0.270 e. The zero-order chi connectivity index (χ0) is 23.7. The lowest BCUT2D eigenvalue weighted by atomic mass is 9.77. The van der Waals surface area contributed by atoms with Crippen molar-refractivity contribution < 1.29 is 4.79 Å². The van der Waals surface area contributed by atoms with E-state index in [9.17, 15) is 4.79 Å². The Kier molecular flexibility index (Phi) is 6.50. The molecule has 2 aromatic rings. The summed E-state index contributed by atoms with van der Waals surface area (Å²) < 4.78 is 0. The molecule has 1 aromatic carbocycles. The van der Waals surface area contributed by atoms with Gasteiger partial charge in [0.15, 0.2) is 0 Å². The first-order valence-electron chi connectivity index (χ1n) is 12.2. The van der Waals surface area contributed by atoms with Gasteiger partial charge >= 0.3 is 0 Å². The van der Waals surface area contributed by atoms with Crippen LogP contribution < -0.4 is 21.1 Å². The first kappa shape index (κ1) is 22.8. The Balaban J connectivity index is 1.23. The predicted molar refractivity (Wildman–Crippen MR) is 131 cm³/mol. The van der Waals surface area contributed by atoms with Crippen LogP contribution in [0, 0.1) is 24.2 Å². The Morgan fingerprint density at radius 2 is 1.91 bits per heavy atom. The van der Waals surface area contributed by atoms with Crippen LogP contribution in [0.2, 0.25) is 0 Å². The zero-order valence-corrected chi connectivity index (χ0v) is 19.9. The molecule has 4 unspecified atom stereocenters.